The van der Waals surface area contributed by atoms with Crippen molar-refractivity contribution in [1.82, 2.24) is 4.57 Å². The molecule has 2 aromatic carbocycles. The van der Waals surface area contributed by atoms with Gasteiger partial charge >= 0.3 is 5.97 Å². The summed E-state index contributed by atoms with van der Waals surface area (Å²) in [5.41, 5.74) is 7.71. The van der Waals surface area contributed by atoms with Gasteiger partial charge < -0.3 is 10.8 Å². The lowest BCUT2D eigenvalue weighted by Crippen LogP contribution is -2.32. The minimum atomic E-state index is -1.06. The molecule has 0 aliphatic rings. The molecule has 1 aromatic heterocycles. The van der Waals surface area contributed by atoms with E-state index >= 15 is 0 Å². The van der Waals surface area contributed by atoms with Crippen LogP contribution in [0.15, 0.2) is 60.8 Å². The Morgan fingerprint density at radius 2 is 1.70 bits per heavy atom. The highest BCUT2D eigenvalue weighted by Crippen LogP contribution is 2.23. The zero-order chi connectivity index (χ0) is 16.4. The average molecular weight is 308 g/mol. The molecule has 116 valence electrons. The van der Waals surface area contributed by atoms with Crippen molar-refractivity contribution in [3.63, 3.8) is 0 Å². The first-order valence-corrected chi connectivity index (χ1v) is 7.25. The molecule has 3 aromatic rings. The van der Waals surface area contributed by atoms with E-state index in [2.05, 4.69) is 0 Å². The smallest absolute Gasteiger partial charge is 0.320 e. The van der Waals surface area contributed by atoms with Crippen LogP contribution in [0.5, 0.6) is 0 Å². The van der Waals surface area contributed by atoms with Crippen LogP contribution in [0, 0.1) is 0 Å². The first-order chi connectivity index (χ1) is 11.1. The van der Waals surface area contributed by atoms with E-state index in [1.807, 2.05) is 30.3 Å². The number of nitrogens with zero attached hydrogens (tertiary/aromatic N) is 1. The molecule has 1 atom stereocenters. The molecule has 0 amide bonds. The number of aliphatic carboxylic acids is 1. The van der Waals surface area contributed by atoms with Gasteiger partial charge in [0.15, 0.2) is 0 Å². The summed E-state index contributed by atoms with van der Waals surface area (Å²) in [6.07, 6.45) is 1.85. The van der Waals surface area contributed by atoms with Crippen molar-refractivity contribution < 1.29 is 14.7 Å². The molecule has 1 unspecified atom stereocenters. The van der Waals surface area contributed by atoms with Crippen molar-refractivity contribution >= 4 is 22.8 Å². The van der Waals surface area contributed by atoms with E-state index in [1.54, 1.807) is 35.0 Å². The zero-order valence-corrected chi connectivity index (χ0v) is 12.3. The quantitative estimate of drug-likeness (QED) is 0.774. The molecule has 0 saturated carbocycles. The van der Waals surface area contributed by atoms with E-state index in [4.69, 9.17) is 10.8 Å². The number of carboxylic acid groups (broad SMARTS) is 1. The largest absolute Gasteiger partial charge is 0.480 e. The zero-order valence-electron chi connectivity index (χ0n) is 12.3. The summed E-state index contributed by atoms with van der Waals surface area (Å²) >= 11 is 0. The highest BCUT2D eigenvalue weighted by molar-refractivity contribution is 6.03. The molecule has 0 saturated heterocycles. The van der Waals surface area contributed by atoms with Crippen LogP contribution in [-0.2, 0) is 11.2 Å². The summed E-state index contributed by atoms with van der Waals surface area (Å²) in [4.78, 5) is 23.7. The number of aromatic nitrogens is 1. The topological polar surface area (TPSA) is 85.3 Å². The molecule has 0 fully saturated rings. The second kappa shape index (κ2) is 6.06. The summed E-state index contributed by atoms with van der Waals surface area (Å²) in [7, 11) is 0. The number of fused-ring (bicyclic) bond motifs is 1. The van der Waals surface area contributed by atoms with Crippen molar-refractivity contribution in [2.45, 2.75) is 12.5 Å². The first-order valence-electron chi connectivity index (χ1n) is 7.25. The fourth-order valence-electron chi connectivity index (χ4n) is 2.62. The van der Waals surface area contributed by atoms with Crippen LogP contribution in [0.3, 0.4) is 0 Å². The molecule has 5 heteroatoms. The normalized spacial score (nSPS) is 12.2. The molecule has 1 heterocycles. The van der Waals surface area contributed by atoms with E-state index in [0.29, 0.717) is 5.56 Å². The fraction of sp³-hybridized carbons (Fsp3) is 0.111. The van der Waals surface area contributed by atoms with Crippen molar-refractivity contribution in [2.24, 2.45) is 5.73 Å². The van der Waals surface area contributed by atoms with Crippen LogP contribution in [-0.4, -0.2) is 27.6 Å². The van der Waals surface area contributed by atoms with Gasteiger partial charge in [-0.3, -0.25) is 14.2 Å². The highest BCUT2D eigenvalue weighted by Gasteiger charge is 2.19. The van der Waals surface area contributed by atoms with Gasteiger partial charge in [0.1, 0.15) is 6.04 Å². The molecule has 3 rings (SSSR count). The monoisotopic (exact) mass is 308 g/mol. The number of hydrogen-bond donors (Lipinski definition) is 2. The van der Waals surface area contributed by atoms with E-state index in [1.165, 1.54) is 0 Å². The van der Waals surface area contributed by atoms with Gasteiger partial charge in [-0.2, -0.15) is 0 Å². The molecule has 0 aliphatic carbocycles. The Balaban J connectivity index is 2.08. The van der Waals surface area contributed by atoms with Crippen molar-refractivity contribution in [1.29, 1.82) is 0 Å². The van der Waals surface area contributed by atoms with E-state index < -0.39 is 12.0 Å². The number of nitrogens with two attached hydrogens (primary N) is 1. The maximum atomic E-state index is 12.7. The van der Waals surface area contributed by atoms with Crippen LogP contribution >= 0.6 is 0 Å². The van der Waals surface area contributed by atoms with E-state index in [9.17, 15) is 9.59 Å². The lowest BCUT2D eigenvalue weighted by Gasteiger charge is -2.04. The number of para-hydroxylation sites is 1. The molecule has 0 aliphatic heterocycles. The van der Waals surface area contributed by atoms with Crippen molar-refractivity contribution in [3.05, 3.63) is 71.9 Å². The maximum Gasteiger partial charge on any atom is 0.320 e. The van der Waals surface area contributed by atoms with Crippen molar-refractivity contribution in [2.75, 3.05) is 0 Å². The molecule has 0 radical (unpaired) electrons. The molecular weight excluding hydrogens is 292 g/mol. The summed E-state index contributed by atoms with van der Waals surface area (Å²) in [6.45, 7) is 0. The molecule has 5 nitrogen and oxygen atoms in total. The first kappa shape index (κ1) is 15.0. The number of carbonyl (C=O) groups is 2. The SMILES string of the molecule is NC(Cc1cn(C(=O)c2ccccc2)c2ccccc12)C(=O)O. The van der Waals surface area contributed by atoms with Gasteiger partial charge in [0.25, 0.3) is 5.91 Å². The summed E-state index contributed by atoms with van der Waals surface area (Å²) in [6, 6.07) is 15.4. The van der Waals surface area contributed by atoms with Gasteiger partial charge in [0, 0.05) is 23.6 Å². The number of benzene rings is 2. The summed E-state index contributed by atoms with van der Waals surface area (Å²) < 4.78 is 1.55. The third-order valence-electron chi connectivity index (χ3n) is 3.79. The minimum Gasteiger partial charge on any atom is -0.480 e. The maximum absolute atomic E-state index is 12.7. The Hall–Kier alpha value is -2.92. The molecule has 0 bridgehead atoms. The Morgan fingerprint density at radius 1 is 1.04 bits per heavy atom. The Labute approximate surface area is 133 Å². The number of carboxylic acids is 1. The van der Waals surface area contributed by atoms with Crippen LogP contribution in [0.2, 0.25) is 0 Å². The Morgan fingerprint density at radius 3 is 2.39 bits per heavy atom. The highest BCUT2D eigenvalue weighted by atomic mass is 16.4. The summed E-state index contributed by atoms with van der Waals surface area (Å²) in [5, 5.41) is 9.85. The lowest BCUT2D eigenvalue weighted by atomic mass is 10.1. The van der Waals surface area contributed by atoms with Crippen molar-refractivity contribution in [3.8, 4) is 0 Å². The fourth-order valence-corrected chi connectivity index (χ4v) is 2.62. The van der Waals surface area contributed by atoms with Gasteiger partial charge in [0.2, 0.25) is 0 Å². The van der Waals surface area contributed by atoms with Gasteiger partial charge in [-0.25, -0.2) is 0 Å². The third kappa shape index (κ3) is 2.86. The summed E-state index contributed by atoms with van der Waals surface area (Å²) in [5.74, 6) is -1.21. The average Bonchev–Trinajstić information content (AvgIpc) is 2.94. The predicted molar refractivity (Wildman–Crippen MR) is 87.4 cm³/mol. The Kier molecular flexibility index (Phi) is 3.95. The molecule has 0 spiro atoms. The van der Waals surface area contributed by atoms with E-state index in [0.717, 1.165) is 16.5 Å². The van der Waals surface area contributed by atoms with Crippen LogP contribution in [0.25, 0.3) is 10.9 Å². The molecular formula is C18H16N2O3. The van der Waals surface area contributed by atoms with Crippen LogP contribution < -0.4 is 5.73 Å². The van der Waals surface area contributed by atoms with Gasteiger partial charge in [-0.15, -0.1) is 0 Å². The number of hydrogen-bond acceptors (Lipinski definition) is 3. The molecule has 23 heavy (non-hydrogen) atoms. The van der Waals surface area contributed by atoms with Gasteiger partial charge in [-0.05, 0) is 23.8 Å². The molecule has 3 N–H and O–H groups in total. The number of carbonyl (C=O) groups excluding carboxylic acids is 1. The van der Waals surface area contributed by atoms with Crippen LogP contribution in [0.1, 0.15) is 15.9 Å². The Bertz CT molecular complexity index is 868. The second-order valence-corrected chi connectivity index (χ2v) is 5.36. The van der Waals surface area contributed by atoms with Crippen LogP contribution in [0.4, 0.5) is 0 Å². The van der Waals surface area contributed by atoms with Gasteiger partial charge in [-0.1, -0.05) is 36.4 Å². The third-order valence-corrected chi connectivity index (χ3v) is 3.79. The standard InChI is InChI=1S/C18H16N2O3/c19-15(18(22)23)10-13-11-20(16-9-5-4-8-14(13)16)17(21)12-6-2-1-3-7-12/h1-9,11,15H,10,19H2,(H,22,23). The minimum absolute atomic E-state index is 0.156. The second-order valence-electron chi connectivity index (χ2n) is 5.36. The van der Waals surface area contributed by atoms with Gasteiger partial charge in [0.05, 0.1) is 5.52 Å². The lowest BCUT2D eigenvalue weighted by molar-refractivity contribution is -0.138. The number of rotatable bonds is 4. The van der Waals surface area contributed by atoms with E-state index in [-0.39, 0.29) is 12.3 Å². The predicted octanol–water partition coefficient (Wildman–Crippen LogP) is 2.28.